The summed E-state index contributed by atoms with van der Waals surface area (Å²) in [6.07, 6.45) is 1.69. The minimum Gasteiger partial charge on any atom is -0.368 e. The van der Waals surface area contributed by atoms with Gasteiger partial charge in [-0.3, -0.25) is 9.31 Å². The van der Waals surface area contributed by atoms with Gasteiger partial charge in [0.2, 0.25) is 5.95 Å². The Morgan fingerprint density at radius 1 is 1.35 bits per heavy atom. The van der Waals surface area contributed by atoms with Crippen LogP contribution in [0.5, 0.6) is 0 Å². The van der Waals surface area contributed by atoms with E-state index in [-0.39, 0.29) is 5.95 Å². The molecule has 0 atom stereocenters. The van der Waals surface area contributed by atoms with Gasteiger partial charge in [-0.1, -0.05) is 0 Å². The number of hydrogen-bond donors (Lipinski definition) is 2. The molecule has 17 heavy (non-hydrogen) atoms. The van der Waals surface area contributed by atoms with Crippen molar-refractivity contribution >= 4 is 33.6 Å². The molecule has 0 radical (unpaired) electrons. The molecule has 90 valence electrons. The summed E-state index contributed by atoms with van der Waals surface area (Å²) in [6.45, 7) is 1.45. The number of nitrogens with zero attached hydrogens (tertiary/aromatic N) is 4. The van der Waals surface area contributed by atoms with E-state index in [2.05, 4.69) is 25.1 Å². The van der Waals surface area contributed by atoms with Crippen molar-refractivity contribution in [3.63, 3.8) is 0 Å². The molecule has 0 aliphatic carbocycles. The van der Waals surface area contributed by atoms with Gasteiger partial charge in [0.05, 0.1) is 11.6 Å². The lowest BCUT2D eigenvalue weighted by molar-refractivity contribution is 0.672. The van der Waals surface area contributed by atoms with Gasteiger partial charge >= 0.3 is 0 Å². The van der Waals surface area contributed by atoms with E-state index in [1.165, 1.54) is 0 Å². The Kier molecular flexibility index (Phi) is 2.43. The Morgan fingerprint density at radius 2 is 2.12 bits per heavy atom. The van der Waals surface area contributed by atoms with Crippen molar-refractivity contribution in [3.8, 4) is 0 Å². The molecule has 8 heteroatoms. The van der Waals surface area contributed by atoms with Gasteiger partial charge in [0.1, 0.15) is 5.82 Å². The molecule has 7 nitrogen and oxygen atoms in total. The first kappa shape index (κ1) is 10.5. The molecule has 2 aromatic heterocycles. The van der Waals surface area contributed by atoms with E-state index in [1.54, 1.807) is 6.20 Å². The van der Waals surface area contributed by atoms with E-state index in [0.717, 1.165) is 24.3 Å². The third-order valence-corrected chi connectivity index (χ3v) is 4.06. The number of aromatic nitrogens is 4. The summed E-state index contributed by atoms with van der Waals surface area (Å²) in [7, 11) is -0.704. The van der Waals surface area contributed by atoms with E-state index in [0.29, 0.717) is 17.2 Å². The second-order valence-corrected chi connectivity index (χ2v) is 5.57. The predicted molar refractivity (Wildman–Crippen MR) is 66.2 cm³/mol. The third-order valence-electron chi connectivity index (χ3n) is 2.78. The molecule has 0 saturated carbocycles. The molecular weight excluding hydrogens is 240 g/mol. The van der Waals surface area contributed by atoms with E-state index in [1.807, 2.05) is 0 Å². The molecule has 2 aromatic rings. The van der Waals surface area contributed by atoms with Crippen LogP contribution in [0.1, 0.15) is 0 Å². The SMILES string of the molecule is Nc1nc(N2CCS(=O)CC2)c2cn[nH]c2n1. The quantitative estimate of drug-likeness (QED) is 0.710. The minimum atomic E-state index is -0.704. The van der Waals surface area contributed by atoms with Crippen molar-refractivity contribution in [2.45, 2.75) is 0 Å². The third kappa shape index (κ3) is 1.84. The molecule has 1 aliphatic heterocycles. The summed E-state index contributed by atoms with van der Waals surface area (Å²) in [5.41, 5.74) is 6.30. The first-order valence-electron chi connectivity index (χ1n) is 5.30. The van der Waals surface area contributed by atoms with Crippen molar-refractivity contribution in [1.29, 1.82) is 0 Å². The molecule has 3 rings (SSSR count). The molecule has 1 aliphatic rings. The number of nitrogens with one attached hydrogen (secondary N) is 1. The highest BCUT2D eigenvalue weighted by Crippen LogP contribution is 2.23. The van der Waals surface area contributed by atoms with E-state index < -0.39 is 10.8 Å². The lowest BCUT2D eigenvalue weighted by Gasteiger charge is -2.27. The van der Waals surface area contributed by atoms with Crippen molar-refractivity contribution < 1.29 is 4.21 Å². The Hall–Kier alpha value is -1.70. The lowest BCUT2D eigenvalue weighted by Crippen LogP contribution is -2.38. The number of fused-ring (bicyclic) bond motifs is 1. The monoisotopic (exact) mass is 252 g/mol. The smallest absolute Gasteiger partial charge is 0.224 e. The van der Waals surface area contributed by atoms with Gasteiger partial charge in [0.15, 0.2) is 5.65 Å². The molecule has 0 unspecified atom stereocenters. The van der Waals surface area contributed by atoms with Gasteiger partial charge < -0.3 is 10.6 Å². The summed E-state index contributed by atoms with van der Waals surface area (Å²) in [6, 6.07) is 0. The first-order chi connectivity index (χ1) is 8.24. The lowest BCUT2D eigenvalue weighted by atomic mass is 10.3. The fraction of sp³-hybridized carbons (Fsp3) is 0.444. The van der Waals surface area contributed by atoms with Gasteiger partial charge in [-0.2, -0.15) is 15.1 Å². The highest BCUT2D eigenvalue weighted by Gasteiger charge is 2.20. The van der Waals surface area contributed by atoms with Crippen LogP contribution in [0.4, 0.5) is 11.8 Å². The molecule has 0 spiro atoms. The predicted octanol–water partition coefficient (Wildman–Crippen LogP) is -0.496. The maximum Gasteiger partial charge on any atom is 0.224 e. The zero-order valence-corrected chi connectivity index (χ0v) is 9.90. The molecular formula is C9H12N6OS. The second-order valence-electron chi connectivity index (χ2n) is 3.87. The van der Waals surface area contributed by atoms with E-state index in [9.17, 15) is 4.21 Å². The normalized spacial score (nSPS) is 17.8. The van der Waals surface area contributed by atoms with Gasteiger partial charge in [-0.15, -0.1) is 0 Å². The number of aromatic amines is 1. The molecule has 1 fully saturated rings. The maximum atomic E-state index is 11.3. The van der Waals surface area contributed by atoms with Gasteiger partial charge in [-0.25, -0.2) is 0 Å². The molecule has 0 amide bonds. The van der Waals surface area contributed by atoms with Crippen molar-refractivity contribution in [2.24, 2.45) is 0 Å². The van der Waals surface area contributed by atoms with Crippen LogP contribution in [-0.4, -0.2) is 49.0 Å². The van der Waals surface area contributed by atoms with E-state index >= 15 is 0 Å². The van der Waals surface area contributed by atoms with Gasteiger partial charge in [0, 0.05) is 35.4 Å². The molecule has 0 aromatic carbocycles. The van der Waals surface area contributed by atoms with Crippen LogP contribution in [0.15, 0.2) is 6.20 Å². The average molecular weight is 252 g/mol. The van der Waals surface area contributed by atoms with Crippen molar-refractivity contribution in [2.75, 3.05) is 35.2 Å². The first-order valence-corrected chi connectivity index (χ1v) is 6.79. The van der Waals surface area contributed by atoms with Crippen LogP contribution in [0.3, 0.4) is 0 Å². The molecule has 3 N–H and O–H groups in total. The second kappa shape index (κ2) is 3.95. The molecule has 3 heterocycles. The Balaban J connectivity index is 2.04. The van der Waals surface area contributed by atoms with Crippen LogP contribution in [-0.2, 0) is 10.8 Å². The average Bonchev–Trinajstić information content (AvgIpc) is 2.77. The Bertz CT molecular complexity index is 572. The number of H-pyrrole nitrogens is 1. The zero-order chi connectivity index (χ0) is 11.8. The fourth-order valence-corrected chi connectivity index (χ4v) is 2.98. The highest BCUT2D eigenvalue weighted by molar-refractivity contribution is 7.85. The number of nitrogen functional groups attached to an aromatic ring is 1. The van der Waals surface area contributed by atoms with E-state index in [4.69, 9.17) is 5.73 Å². The molecule has 0 bridgehead atoms. The van der Waals surface area contributed by atoms with Crippen LogP contribution < -0.4 is 10.6 Å². The number of anilines is 2. The maximum absolute atomic E-state index is 11.3. The van der Waals surface area contributed by atoms with Gasteiger partial charge in [-0.05, 0) is 0 Å². The summed E-state index contributed by atoms with van der Waals surface area (Å²) >= 11 is 0. The zero-order valence-electron chi connectivity index (χ0n) is 9.09. The largest absolute Gasteiger partial charge is 0.368 e. The van der Waals surface area contributed by atoms with Crippen LogP contribution in [0, 0.1) is 0 Å². The fourth-order valence-electron chi connectivity index (χ4n) is 1.93. The van der Waals surface area contributed by atoms with Crippen molar-refractivity contribution in [3.05, 3.63) is 6.20 Å². The number of nitrogens with two attached hydrogens (primary N) is 1. The Labute approximate surface area is 99.9 Å². The van der Waals surface area contributed by atoms with Crippen LogP contribution >= 0.6 is 0 Å². The topological polar surface area (TPSA) is 101 Å². The highest BCUT2D eigenvalue weighted by atomic mass is 32.2. The number of rotatable bonds is 1. The van der Waals surface area contributed by atoms with Crippen LogP contribution in [0.25, 0.3) is 11.0 Å². The summed E-state index contributed by atoms with van der Waals surface area (Å²) < 4.78 is 11.3. The summed E-state index contributed by atoms with van der Waals surface area (Å²) in [5.74, 6) is 2.34. The molecule has 1 saturated heterocycles. The number of hydrogen-bond acceptors (Lipinski definition) is 6. The van der Waals surface area contributed by atoms with Crippen molar-refractivity contribution in [1.82, 2.24) is 20.2 Å². The summed E-state index contributed by atoms with van der Waals surface area (Å²) in [4.78, 5) is 10.4. The standard InChI is InChI=1S/C9H12N6OS/c10-9-12-7-6(5-11-14-7)8(13-9)15-1-3-17(16)4-2-15/h5H,1-4H2,(H3,10,11,12,13,14). The minimum absolute atomic E-state index is 0.225. The Morgan fingerprint density at radius 3 is 2.88 bits per heavy atom. The van der Waals surface area contributed by atoms with Gasteiger partial charge in [0.25, 0.3) is 0 Å². The summed E-state index contributed by atoms with van der Waals surface area (Å²) in [5, 5.41) is 7.58. The van der Waals surface area contributed by atoms with Crippen LogP contribution in [0.2, 0.25) is 0 Å².